The molecule has 0 aliphatic rings. The summed E-state index contributed by atoms with van der Waals surface area (Å²) in [5, 5.41) is 5.15. The molecule has 0 saturated heterocycles. The first-order valence-corrected chi connectivity index (χ1v) is 9.03. The lowest BCUT2D eigenvalue weighted by atomic mass is 10.0. The van der Waals surface area contributed by atoms with Crippen molar-refractivity contribution in [1.82, 2.24) is 4.57 Å². The normalized spacial score (nSPS) is 11.9. The maximum atomic E-state index is 3.70. The lowest BCUT2D eigenvalue weighted by Gasteiger charge is -2.07. The van der Waals surface area contributed by atoms with E-state index in [2.05, 4.69) is 103 Å². The van der Waals surface area contributed by atoms with Gasteiger partial charge < -0.3 is 4.57 Å². The van der Waals surface area contributed by atoms with Gasteiger partial charge in [-0.1, -0.05) is 62.2 Å². The molecule has 110 valence electrons. The number of halogens is 2. The molecule has 0 atom stereocenters. The minimum atomic E-state index is 1.14. The van der Waals surface area contributed by atoms with Crippen molar-refractivity contribution in [3.63, 3.8) is 0 Å². The summed E-state index contributed by atoms with van der Waals surface area (Å²) in [6.45, 7) is 0. The number of nitrogens with zero attached hydrogens (tertiary/aromatic N) is 1. The van der Waals surface area contributed by atoms with Gasteiger partial charge >= 0.3 is 0 Å². The highest BCUT2D eigenvalue weighted by Gasteiger charge is 2.18. The average Bonchev–Trinajstić information content (AvgIpc) is 2.92. The van der Waals surface area contributed by atoms with Gasteiger partial charge in [-0.3, -0.25) is 0 Å². The van der Waals surface area contributed by atoms with Gasteiger partial charge in [-0.25, -0.2) is 0 Å². The van der Waals surface area contributed by atoms with E-state index in [9.17, 15) is 0 Å². The molecule has 1 aromatic heterocycles. The summed E-state index contributed by atoms with van der Waals surface area (Å²) in [4.78, 5) is 0. The second kappa shape index (κ2) is 4.83. The van der Waals surface area contributed by atoms with Gasteiger partial charge in [0.15, 0.2) is 0 Å². The topological polar surface area (TPSA) is 4.93 Å². The highest BCUT2D eigenvalue weighted by atomic mass is 79.9. The molecule has 1 nitrogen and oxygen atoms in total. The van der Waals surface area contributed by atoms with Crippen LogP contribution in [0, 0.1) is 0 Å². The molecule has 0 fully saturated rings. The predicted octanol–water partition coefficient (Wildman–Crippen LogP) is 6.90. The summed E-state index contributed by atoms with van der Waals surface area (Å²) in [6.07, 6.45) is 0. The van der Waals surface area contributed by atoms with Crippen LogP contribution < -0.4 is 0 Å². The second-order valence-corrected chi connectivity index (χ2v) is 7.42. The van der Waals surface area contributed by atoms with E-state index in [1.807, 2.05) is 0 Å². The SMILES string of the molecule is Brc1ccc2c3c1ccc1c(Br)ccc(c13)n2-c1ccccc1. The van der Waals surface area contributed by atoms with E-state index in [0.29, 0.717) is 0 Å². The fourth-order valence-corrected chi connectivity index (χ4v) is 4.47. The highest BCUT2D eigenvalue weighted by molar-refractivity contribution is 9.11. The van der Waals surface area contributed by atoms with Crippen molar-refractivity contribution in [2.45, 2.75) is 0 Å². The van der Waals surface area contributed by atoms with Crippen LogP contribution in [0.15, 0.2) is 75.7 Å². The zero-order valence-corrected chi connectivity index (χ0v) is 15.2. The first-order chi connectivity index (χ1) is 11.3. The molecule has 4 aromatic carbocycles. The summed E-state index contributed by atoms with van der Waals surface area (Å²) in [5.74, 6) is 0. The molecular formula is C20H11Br2N. The highest BCUT2D eigenvalue weighted by Crippen LogP contribution is 2.43. The van der Waals surface area contributed by atoms with Crippen LogP contribution in [0.25, 0.3) is 38.3 Å². The minimum Gasteiger partial charge on any atom is -0.309 e. The Morgan fingerprint density at radius 2 is 1.09 bits per heavy atom. The standard InChI is InChI=1S/C20H11Br2N/c21-15-8-10-17-19-13(15)6-7-14-16(22)9-11-18(20(14)19)23(17)12-4-2-1-3-5-12/h1-11H. The molecule has 5 aromatic rings. The second-order valence-electron chi connectivity index (χ2n) is 5.71. The summed E-state index contributed by atoms with van der Waals surface area (Å²) < 4.78 is 4.63. The van der Waals surface area contributed by atoms with Crippen LogP contribution in [0.5, 0.6) is 0 Å². The van der Waals surface area contributed by atoms with E-state index in [1.54, 1.807) is 0 Å². The van der Waals surface area contributed by atoms with Crippen molar-refractivity contribution in [3.05, 3.63) is 75.7 Å². The van der Waals surface area contributed by atoms with Crippen molar-refractivity contribution in [2.24, 2.45) is 0 Å². The van der Waals surface area contributed by atoms with Crippen LogP contribution in [-0.4, -0.2) is 4.57 Å². The van der Waals surface area contributed by atoms with Gasteiger partial charge in [0.25, 0.3) is 0 Å². The molecule has 0 bridgehead atoms. The Bertz CT molecular complexity index is 1100. The Morgan fingerprint density at radius 3 is 1.61 bits per heavy atom. The van der Waals surface area contributed by atoms with E-state index < -0.39 is 0 Å². The van der Waals surface area contributed by atoms with Gasteiger partial charge in [-0.2, -0.15) is 0 Å². The van der Waals surface area contributed by atoms with E-state index in [-0.39, 0.29) is 0 Å². The first kappa shape index (κ1) is 13.6. The summed E-state index contributed by atoms with van der Waals surface area (Å²) in [7, 11) is 0. The third kappa shape index (κ3) is 1.78. The maximum Gasteiger partial charge on any atom is 0.0548 e. The number of para-hydroxylation sites is 1. The van der Waals surface area contributed by atoms with E-state index >= 15 is 0 Å². The molecule has 0 aliphatic heterocycles. The molecule has 1 heterocycles. The van der Waals surface area contributed by atoms with Gasteiger partial charge in [0.2, 0.25) is 0 Å². The summed E-state index contributed by atoms with van der Waals surface area (Å²) in [5.41, 5.74) is 3.68. The molecule has 0 amide bonds. The van der Waals surface area contributed by atoms with Crippen LogP contribution in [0.3, 0.4) is 0 Å². The molecule has 0 unspecified atom stereocenters. The first-order valence-electron chi connectivity index (χ1n) is 7.44. The summed E-state index contributed by atoms with van der Waals surface area (Å²) in [6, 6.07) is 23.6. The Kier molecular flexibility index (Phi) is 2.85. The smallest absolute Gasteiger partial charge is 0.0548 e. The van der Waals surface area contributed by atoms with Gasteiger partial charge in [0.05, 0.1) is 11.0 Å². The van der Waals surface area contributed by atoms with Crippen LogP contribution in [0.1, 0.15) is 0 Å². The van der Waals surface area contributed by atoms with E-state index in [1.165, 1.54) is 38.3 Å². The lowest BCUT2D eigenvalue weighted by molar-refractivity contribution is 1.18. The van der Waals surface area contributed by atoms with Gasteiger partial charge in [0, 0.05) is 25.4 Å². The van der Waals surface area contributed by atoms with Crippen molar-refractivity contribution in [3.8, 4) is 5.69 Å². The third-order valence-corrected chi connectivity index (χ3v) is 5.89. The number of benzene rings is 4. The van der Waals surface area contributed by atoms with Crippen molar-refractivity contribution in [1.29, 1.82) is 0 Å². The van der Waals surface area contributed by atoms with Crippen molar-refractivity contribution >= 4 is 64.4 Å². The summed E-state index contributed by atoms with van der Waals surface area (Å²) >= 11 is 7.41. The third-order valence-electron chi connectivity index (χ3n) is 4.50. The Morgan fingerprint density at radius 1 is 0.565 bits per heavy atom. The Hall–Kier alpha value is -1.84. The van der Waals surface area contributed by atoms with Gasteiger partial charge in [-0.15, -0.1) is 0 Å². The molecule has 23 heavy (non-hydrogen) atoms. The average molecular weight is 425 g/mol. The Labute approximate surface area is 150 Å². The minimum absolute atomic E-state index is 1.14. The fourth-order valence-electron chi connectivity index (χ4n) is 3.54. The monoisotopic (exact) mass is 423 g/mol. The van der Waals surface area contributed by atoms with Crippen LogP contribution in [-0.2, 0) is 0 Å². The van der Waals surface area contributed by atoms with Crippen molar-refractivity contribution in [2.75, 3.05) is 0 Å². The van der Waals surface area contributed by atoms with Gasteiger partial charge in [0.1, 0.15) is 0 Å². The number of hydrogen-bond donors (Lipinski definition) is 0. The maximum absolute atomic E-state index is 3.70. The van der Waals surface area contributed by atoms with E-state index in [0.717, 1.165) is 8.95 Å². The lowest BCUT2D eigenvalue weighted by Crippen LogP contribution is -1.92. The molecule has 0 N–H and O–H groups in total. The Balaban J connectivity index is 2.12. The number of aromatic nitrogens is 1. The predicted molar refractivity (Wildman–Crippen MR) is 105 cm³/mol. The van der Waals surface area contributed by atoms with Crippen molar-refractivity contribution < 1.29 is 0 Å². The molecule has 0 radical (unpaired) electrons. The van der Waals surface area contributed by atoms with Crippen LogP contribution in [0.2, 0.25) is 0 Å². The molecule has 5 rings (SSSR count). The largest absolute Gasteiger partial charge is 0.309 e. The molecule has 0 aliphatic carbocycles. The quantitative estimate of drug-likeness (QED) is 0.258. The van der Waals surface area contributed by atoms with Crippen LogP contribution in [0.4, 0.5) is 0 Å². The molecule has 0 saturated carbocycles. The zero-order valence-electron chi connectivity index (χ0n) is 12.1. The van der Waals surface area contributed by atoms with Crippen LogP contribution >= 0.6 is 31.9 Å². The molecule has 0 spiro atoms. The van der Waals surface area contributed by atoms with E-state index in [4.69, 9.17) is 0 Å². The number of hydrogen-bond acceptors (Lipinski definition) is 0. The fraction of sp³-hybridized carbons (Fsp3) is 0. The number of rotatable bonds is 1. The zero-order chi connectivity index (χ0) is 15.6. The molecule has 3 heteroatoms. The molecular weight excluding hydrogens is 414 g/mol. The van der Waals surface area contributed by atoms with Gasteiger partial charge in [-0.05, 0) is 47.2 Å².